The first-order valence-corrected chi connectivity index (χ1v) is 6.49. The summed E-state index contributed by atoms with van der Waals surface area (Å²) in [7, 11) is 1.43. The van der Waals surface area contributed by atoms with E-state index in [4.69, 9.17) is 4.74 Å². The van der Waals surface area contributed by atoms with E-state index in [2.05, 4.69) is 17.0 Å². The predicted molar refractivity (Wildman–Crippen MR) is 70.1 cm³/mol. The summed E-state index contributed by atoms with van der Waals surface area (Å²) in [6.07, 6.45) is 3.52. The van der Waals surface area contributed by atoms with Crippen LogP contribution in [0.5, 0.6) is 11.5 Å². The van der Waals surface area contributed by atoms with Crippen LogP contribution in [0.25, 0.3) is 0 Å². The third-order valence-electron chi connectivity index (χ3n) is 3.59. The van der Waals surface area contributed by atoms with Crippen LogP contribution >= 0.6 is 0 Å². The summed E-state index contributed by atoms with van der Waals surface area (Å²) < 4.78 is 34.2. The third-order valence-corrected chi connectivity index (χ3v) is 3.59. The highest BCUT2D eigenvalue weighted by atomic mass is 19.3. The molecule has 2 unspecified atom stereocenters. The van der Waals surface area contributed by atoms with Gasteiger partial charge in [0.2, 0.25) is 0 Å². The molecule has 1 aromatic rings. The lowest BCUT2D eigenvalue weighted by atomic mass is 10.1. The molecule has 0 spiro atoms. The normalized spacial score (nSPS) is 22.6. The Kier molecular flexibility index (Phi) is 4.45. The van der Waals surface area contributed by atoms with Crippen molar-refractivity contribution in [2.24, 2.45) is 5.92 Å². The van der Waals surface area contributed by atoms with E-state index >= 15 is 0 Å². The second kappa shape index (κ2) is 6.08. The van der Waals surface area contributed by atoms with E-state index < -0.39 is 6.61 Å². The zero-order valence-corrected chi connectivity index (χ0v) is 11.2. The first-order valence-electron chi connectivity index (χ1n) is 6.49. The van der Waals surface area contributed by atoms with E-state index in [0.29, 0.717) is 17.7 Å². The zero-order valence-electron chi connectivity index (χ0n) is 11.2. The number of anilines is 1. The Balaban J connectivity index is 2.12. The van der Waals surface area contributed by atoms with Gasteiger partial charge in [0.25, 0.3) is 0 Å². The molecule has 0 bridgehead atoms. The largest absolute Gasteiger partial charge is 0.493 e. The molecule has 106 valence electrons. The van der Waals surface area contributed by atoms with Crippen molar-refractivity contribution in [3.63, 3.8) is 0 Å². The van der Waals surface area contributed by atoms with Crippen LogP contribution in [0.3, 0.4) is 0 Å². The number of methoxy groups -OCH3 is 1. The molecule has 5 heteroatoms. The number of rotatable bonds is 5. The highest BCUT2D eigenvalue weighted by Gasteiger charge is 2.23. The molecule has 1 saturated carbocycles. The van der Waals surface area contributed by atoms with Crippen molar-refractivity contribution in [1.29, 1.82) is 0 Å². The van der Waals surface area contributed by atoms with Crippen LogP contribution in [-0.2, 0) is 0 Å². The quantitative estimate of drug-likeness (QED) is 0.881. The fourth-order valence-electron chi connectivity index (χ4n) is 2.53. The predicted octanol–water partition coefficient (Wildman–Crippen LogP) is 3.90. The molecule has 1 aliphatic rings. The Morgan fingerprint density at radius 2 is 2.05 bits per heavy atom. The molecule has 0 radical (unpaired) electrons. The summed E-state index contributed by atoms with van der Waals surface area (Å²) >= 11 is 0. The van der Waals surface area contributed by atoms with Gasteiger partial charge in [-0.3, -0.25) is 0 Å². The van der Waals surface area contributed by atoms with Gasteiger partial charge in [-0.25, -0.2) is 0 Å². The minimum Gasteiger partial charge on any atom is -0.493 e. The van der Waals surface area contributed by atoms with Gasteiger partial charge in [0, 0.05) is 17.8 Å². The van der Waals surface area contributed by atoms with Crippen molar-refractivity contribution in [1.82, 2.24) is 0 Å². The topological polar surface area (TPSA) is 30.5 Å². The van der Waals surface area contributed by atoms with Gasteiger partial charge < -0.3 is 14.8 Å². The second-order valence-corrected chi connectivity index (χ2v) is 4.90. The average Bonchev–Trinajstić information content (AvgIpc) is 2.75. The molecular weight excluding hydrogens is 252 g/mol. The van der Waals surface area contributed by atoms with Gasteiger partial charge in [0.1, 0.15) is 0 Å². The molecule has 0 saturated heterocycles. The molecule has 0 heterocycles. The summed E-state index contributed by atoms with van der Waals surface area (Å²) in [6.45, 7) is -0.653. The molecular formula is C14H19F2NO2. The monoisotopic (exact) mass is 271 g/mol. The van der Waals surface area contributed by atoms with Crippen LogP contribution in [-0.4, -0.2) is 19.8 Å². The van der Waals surface area contributed by atoms with Crippen LogP contribution < -0.4 is 14.8 Å². The summed E-state index contributed by atoms with van der Waals surface area (Å²) in [5.74, 6) is 0.972. The van der Waals surface area contributed by atoms with E-state index in [0.717, 1.165) is 12.1 Å². The minimum absolute atomic E-state index is 0.0631. The van der Waals surface area contributed by atoms with Crippen LogP contribution in [0.15, 0.2) is 18.2 Å². The Bertz CT molecular complexity index is 426. The standard InChI is InChI=1S/C14H19F2NO2/c1-9-4-3-5-11(9)17-10-6-7-12(18-2)13(8-10)19-14(15)16/h6-9,11,14,17H,3-5H2,1-2H3. The van der Waals surface area contributed by atoms with Gasteiger partial charge in [-0.05, 0) is 30.9 Å². The van der Waals surface area contributed by atoms with Gasteiger partial charge >= 0.3 is 6.61 Å². The van der Waals surface area contributed by atoms with E-state index in [1.54, 1.807) is 12.1 Å². The molecule has 3 nitrogen and oxygen atoms in total. The number of ether oxygens (including phenoxy) is 2. The smallest absolute Gasteiger partial charge is 0.387 e. The van der Waals surface area contributed by atoms with Crippen LogP contribution in [0.4, 0.5) is 14.5 Å². The minimum atomic E-state index is -2.85. The molecule has 1 fully saturated rings. The average molecular weight is 271 g/mol. The van der Waals surface area contributed by atoms with Crippen molar-refractivity contribution in [2.45, 2.75) is 38.8 Å². The summed E-state index contributed by atoms with van der Waals surface area (Å²) in [5.41, 5.74) is 0.787. The second-order valence-electron chi connectivity index (χ2n) is 4.90. The van der Waals surface area contributed by atoms with Crippen LogP contribution in [0.1, 0.15) is 26.2 Å². The van der Waals surface area contributed by atoms with Gasteiger partial charge in [0.15, 0.2) is 11.5 Å². The maximum atomic E-state index is 12.3. The summed E-state index contributed by atoms with van der Waals surface area (Å²) in [5, 5.41) is 3.38. The molecule has 2 rings (SSSR count). The van der Waals surface area contributed by atoms with Crippen molar-refractivity contribution in [3.8, 4) is 11.5 Å². The highest BCUT2D eigenvalue weighted by molar-refractivity contribution is 5.55. The molecule has 1 aliphatic carbocycles. The molecule has 0 aromatic heterocycles. The molecule has 2 atom stereocenters. The lowest BCUT2D eigenvalue weighted by Gasteiger charge is -2.20. The molecule has 19 heavy (non-hydrogen) atoms. The number of hydrogen-bond donors (Lipinski definition) is 1. The Morgan fingerprint density at radius 3 is 2.63 bits per heavy atom. The SMILES string of the molecule is COc1ccc(NC2CCCC2C)cc1OC(F)F. The maximum absolute atomic E-state index is 12.3. The zero-order chi connectivity index (χ0) is 13.8. The number of alkyl halides is 2. The van der Waals surface area contributed by atoms with Gasteiger partial charge in [0.05, 0.1) is 7.11 Å². The van der Waals surface area contributed by atoms with Crippen LogP contribution in [0.2, 0.25) is 0 Å². The van der Waals surface area contributed by atoms with Crippen molar-refractivity contribution in [3.05, 3.63) is 18.2 Å². The Morgan fingerprint density at radius 1 is 1.26 bits per heavy atom. The van der Waals surface area contributed by atoms with E-state index in [9.17, 15) is 8.78 Å². The van der Waals surface area contributed by atoms with E-state index in [-0.39, 0.29) is 5.75 Å². The Labute approximate surface area is 111 Å². The van der Waals surface area contributed by atoms with Gasteiger partial charge in [-0.15, -0.1) is 0 Å². The van der Waals surface area contributed by atoms with E-state index in [1.165, 1.54) is 20.0 Å². The number of nitrogens with one attached hydrogen (secondary N) is 1. The van der Waals surface area contributed by atoms with E-state index in [1.807, 2.05) is 6.07 Å². The number of benzene rings is 1. The van der Waals surface area contributed by atoms with Crippen LogP contribution in [0, 0.1) is 5.92 Å². The fourth-order valence-corrected chi connectivity index (χ4v) is 2.53. The third kappa shape index (κ3) is 3.49. The molecule has 1 N–H and O–H groups in total. The molecule has 1 aromatic carbocycles. The number of halogens is 2. The highest BCUT2D eigenvalue weighted by Crippen LogP contribution is 2.34. The lowest BCUT2D eigenvalue weighted by Crippen LogP contribution is -2.21. The maximum Gasteiger partial charge on any atom is 0.387 e. The molecule has 0 aliphatic heterocycles. The summed E-state index contributed by atoms with van der Waals surface area (Å²) in [6, 6.07) is 5.42. The van der Waals surface area contributed by atoms with Gasteiger partial charge in [-0.1, -0.05) is 13.3 Å². The first-order chi connectivity index (χ1) is 9.10. The fraction of sp³-hybridized carbons (Fsp3) is 0.571. The lowest BCUT2D eigenvalue weighted by molar-refractivity contribution is -0.0511. The first kappa shape index (κ1) is 13.9. The van der Waals surface area contributed by atoms with Crippen molar-refractivity contribution in [2.75, 3.05) is 12.4 Å². The summed E-state index contributed by atoms with van der Waals surface area (Å²) in [4.78, 5) is 0. The Hall–Kier alpha value is -1.52. The van der Waals surface area contributed by atoms with Crippen molar-refractivity contribution >= 4 is 5.69 Å². The van der Waals surface area contributed by atoms with Gasteiger partial charge in [-0.2, -0.15) is 8.78 Å². The number of hydrogen-bond acceptors (Lipinski definition) is 3. The molecule has 0 amide bonds. The van der Waals surface area contributed by atoms with Crippen molar-refractivity contribution < 1.29 is 18.3 Å².